The molecule has 0 aliphatic carbocycles. The van der Waals surface area contributed by atoms with E-state index in [0.717, 1.165) is 12.0 Å². The lowest BCUT2D eigenvalue weighted by Crippen LogP contribution is -2.40. The highest BCUT2D eigenvalue weighted by atomic mass is 16.5. The van der Waals surface area contributed by atoms with E-state index in [9.17, 15) is 4.79 Å². The average molecular weight is 317 g/mol. The third kappa shape index (κ3) is 2.84. The van der Waals surface area contributed by atoms with Crippen LogP contribution in [0.1, 0.15) is 24.1 Å². The molecule has 8 heteroatoms. The predicted octanol–water partition coefficient (Wildman–Crippen LogP) is 0.836. The van der Waals surface area contributed by atoms with Gasteiger partial charge in [0.2, 0.25) is 5.91 Å². The van der Waals surface area contributed by atoms with Crippen molar-refractivity contribution in [1.82, 2.24) is 25.1 Å². The van der Waals surface area contributed by atoms with Gasteiger partial charge in [-0.3, -0.25) is 4.79 Å². The molecule has 0 radical (unpaired) electrons. The van der Waals surface area contributed by atoms with Gasteiger partial charge in [-0.25, -0.2) is 4.68 Å². The Morgan fingerprint density at radius 1 is 1.22 bits per heavy atom. The number of ether oxygens (including phenoxy) is 2. The largest absolute Gasteiger partial charge is 0.493 e. The first-order valence-electron chi connectivity index (χ1n) is 7.39. The van der Waals surface area contributed by atoms with Crippen LogP contribution in [0.25, 0.3) is 0 Å². The zero-order valence-electron chi connectivity index (χ0n) is 13.4. The van der Waals surface area contributed by atoms with Gasteiger partial charge in [0, 0.05) is 13.1 Å². The fourth-order valence-electron chi connectivity index (χ4n) is 2.79. The number of benzene rings is 1. The monoisotopic (exact) mass is 317 g/mol. The quantitative estimate of drug-likeness (QED) is 0.831. The molecule has 2 heterocycles. The number of methoxy groups -OCH3 is 2. The SMILES string of the molecule is COc1cc2c(cc1OC)CN(C(=O)[C@H](C)n1cnnn1)CC2. The number of nitrogens with zero attached hydrogens (tertiary/aromatic N) is 5. The number of hydrogen-bond donors (Lipinski definition) is 0. The molecular formula is C15H19N5O3. The first kappa shape index (κ1) is 15.3. The van der Waals surface area contributed by atoms with E-state index in [1.807, 2.05) is 17.0 Å². The lowest BCUT2D eigenvalue weighted by molar-refractivity contribution is -0.135. The molecular weight excluding hydrogens is 298 g/mol. The number of hydrogen-bond acceptors (Lipinski definition) is 6. The van der Waals surface area contributed by atoms with Gasteiger partial charge in [0.05, 0.1) is 14.2 Å². The Morgan fingerprint density at radius 2 is 1.91 bits per heavy atom. The second-order valence-electron chi connectivity index (χ2n) is 5.45. The van der Waals surface area contributed by atoms with Gasteiger partial charge < -0.3 is 14.4 Å². The Morgan fingerprint density at radius 3 is 2.52 bits per heavy atom. The summed E-state index contributed by atoms with van der Waals surface area (Å²) in [5.74, 6) is 1.39. The highest BCUT2D eigenvalue weighted by Crippen LogP contribution is 2.33. The van der Waals surface area contributed by atoms with Gasteiger partial charge in [-0.2, -0.15) is 0 Å². The summed E-state index contributed by atoms with van der Waals surface area (Å²) in [5.41, 5.74) is 2.26. The molecule has 0 saturated carbocycles. The molecule has 0 fully saturated rings. The molecule has 8 nitrogen and oxygen atoms in total. The maximum atomic E-state index is 12.6. The van der Waals surface area contributed by atoms with E-state index in [4.69, 9.17) is 9.47 Å². The van der Waals surface area contributed by atoms with Crippen LogP contribution in [-0.2, 0) is 17.8 Å². The van der Waals surface area contributed by atoms with Crippen molar-refractivity contribution in [2.75, 3.05) is 20.8 Å². The Balaban J connectivity index is 1.81. The molecule has 122 valence electrons. The molecule has 0 unspecified atom stereocenters. The third-order valence-electron chi connectivity index (χ3n) is 4.15. The van der Waals surface area contributed by atoms with Crippen LogP contribution in [0.5, 0.6) is 11.5 Å². The topological polar surface area (TPSA) is 82.4 Å². The van der Waals surface area contributed by atoms with Crippen molar-refractivity contribution in [2.24, 2.45) is 0 Å². The molecule has 2 aromatic rings. The Labute approximate surface area is 134 Å². The van der Waals surface area contributed by atoms with Crippen molar-refractivity contribution >= 4 is 5.91 Å². The molecule has 3 rings (SSSR count). The van der Waals surface area contributed by atoms with E-state index >= 15 is 0 Å². The maximum absolute atomic E-state index is 12.6. The molecule has 0 saturated heterocycles. The minimum Gasteiger partial charge on any atom is -0.493 e. The van der Waals surface area contributed by atoms with Crippen LogP contribution >= 0.6 is 0 Å². The van der Waals surface area contributed by atoms with Crippen LogP contribution in [0.3, 0.4) is 0 Å². The van der Waals surface area contributed by atoms with Crippen molar-refractivity contribution in [2.45, 2.75) is 25.9 Å². The number of carbonyl (C=O) groups excluding carboxylic acids is 1. The summed E-state index contributed by atoms with van der Waals surface area (Å²) >= 11 is 0. The summed E-state index contributed by atoms with van der Waals surface area (Å²) in [6, 6.07) is 3.50. The summed E-state index contributed by atoms with van der Waals surface area (Å²) in [7, 11) is 3.23. The minimum atomic E-state index is -0.424. The summed E-state index contributed by atoms with van der Waals surface area (Å²) < 4.78 is 12.1. The van der Waals surface area contributed by atoms with E-state index in [1.54, 1.807) is 21.1 Å². The first-order valence-corrected chi connectivity index (χ1v) is 7.39. The van der Waals surface area contributed by atoms with Crippen molar-refractivity contribution in [1.29, 1.82) is 0 Å². The molecule has 1 atom stereocenters. The minimum absolute atomic E-state index is 0.00210. The van der Waals surface area contributed by atoms with E-state index in [0.29, 0.717) is 24.6 Å². The maximum Gasteiger partial charge on any atom is 0.247 e. The van der Waals surface area contributed by atoms with Crippen molar-refractivity contribution in [3.05, 3.63) is 29.6 Å². The average Bonchev–Trinajstić information content (AvgIpc) is 3.13. The number of tetrazole rings is 1. The van der Waals surface area contributed by atoms with Crippen LogP contribution in [-0.4, -0.2) is 51.8 Å². The third-order valence-corrected chi connectivity index (χ3v) is 4.15. The van der Waals surface area contributed by atoms with Crippen LogP contribution < -0.4 is 9.47 Å². The predicted molar refractivity (Wildman–Crippen MR) is 81.2 cm³/mol. The Bertz CT molecular complexity index is 701. The number of rotatable bonds is 4. The van der Waals surface area contributed by atoms with E-state index < -0.39 is 6.04 Å². The molecule has 0 N–H and O–H groups in total. The van der Waals surface area contributed by atoms with Gasteiger partial charge in [0.15, 0.2) is 11.5 Å². The highest BCUT2D eigenvalue weighted by Gasteiger charge is 2.27. The summed E-state index contributed by atoms with van der Waals surface area (Å²) in [5, 5.41) is 11.0. The molecule has 1 aromatic heterocycles. The summed E-state index contributed by atoms with van der Waals surface area (Å²) in [6.45, 7) is 3.00. The van der Waals surface area contributed by atoms with E-state index in [2.05, 4.69) is 15.5 Å². The van der Waals surface area contributed by atoms with E-state index in [1.165, 1.54) is 16.6 Å². The van der Waals surface area contributed by atoms with Gasteiger partial charge in [-0.1, -0.05) is 0 Å². The Kier molecular flexibility index (Phi) is 4.14. The molecule has 1 aromatic carbocycles. The van der Waals surface area contributed by atoms with Gasteiger partial charge in [0.1, 0.15) is 12.4 Å². The molecule has 23 heavy (non-hydrogen) atoms. The number of fused-ring (bicyclic) bond motifs is 1. The Hall–Kier alpha value is -2.64. The van der Waals surface area contributed by atoms with Gasteiger partial charge in [-0.05, 0) is 47.0 Å². The van der Waals surface area contributed by atoms with Crippen LogP contribution in [0, 0.1) is 0 Å². The fourth-order valence-corrected chi connectivity index (χ4v) is 2.79. The first-order chi connectivity index (χ1) is 11.1. The zero-order chi connectivity index (χ0) is 16.4. The van der Waals surface area contributed by atoms with Crippen LogP contribution in [0.15, 0.2) is 18.5 Å². The zero-order valence-corrected chi connectivity index (χ0v) is 13.4. The van der Waals surface area contributed by atoms with Gasteiger partial charge in [-0.15, -0.1) is 5.10 Å². The van der Waals surface area contributed by atoms with Crippen molar-refractivity contribution < 1.29 is 14.3 Å². The highest BCUT2D eigenvalue weighted by molar-refractivity contribution is 5.80. The standard InChI is InChI=1S/C15H19N5O3/c1-10(20-9-16-17-18-20)15(21)19-5-4-11-6-13(22-2)14(23-3)7-12(11)8-19/h6-7,9-10H,4-5,8H2,1-3H3/t10-/m0/s1. The number of amides is 1. The van der Waals surface area contributed by atoms with Gasteiger partial charge in [0.25, 0.3) is 0 Å². The normalized spacial score (nSPS) is 15.0. The second kappa shape index (κ2) is 6.23. The lowest BCUT2D eigenvalue weighted by Gasteiger charge is -2.31. The summed E-state index contributed by atoms with van der Waals surface area (Å²) in [4.78, 5) is 14.5. The smallest absolute Gasteiger partial charge is 0.247 e. The molecule has 1 aliphatic heterocycles. The molecule has 0 bridgehead atoms. The molecule has 1 aliphatic rings. The van der Waals surface area contributed by atoms with Crippen LogP contribution in [0.4, 0.5) is 0 Å². The summed E-state index contributed by atoms with van der Waals surface area (Å²) in [6.07, 6.45) is 2.23. The van der Waals surface area contributed by atoms with Crippen LogP contribution in [0.2, 0.25) is 0 Å². The van der Waals surface area contributed by atoms with E-state index in [-0.39, 0.29) is 5.91 Å². The number of carbonyl (C=O) groups is 1. The second-order valence-corrected chi connectivity index (χ2v) is 5.45. The molecule has 1 amide bonds. The lowest BCUT2D eigenvalue weighted by atomic mass is 9.98. The van der Waals surface area contributed by atoms with Gasteiger partial charge >= 0.3 is 0 Å². The number of aromatic nitrogens is 4. The fraction of sp³-hybridized carbons (Fsp3) is 0.467. The van der Waals surface area contributed by atoms with Crippen molar-refractivity contribution in [3.63, 3.8) is 0 Å². The van der Waals surface area contributed by atoms with Crippen molar-refractivity contribution in [3.8, 4) is 11.5 Å². The molecule has 0 spiro atoms.